The summed E-state index contributed by atoms with van der Waals surface area (Å²) in [6, 6.07) is 18.9. The molecule has 0 aliphatic heterocycles. The zero-order chi connectivity index (χ0) is 29.9. The van der Waals surface area contributed by atoms with E-state index < -0.39 is 15.8 Å². The summed E-state index contributed by atoms with van der Waals surface area (Å²) in [7, 11) is -3.74. The minimum Gasteiger partial charge on any atom is -0.359 e. The van der Waals surface area contributed by atoms with Gasteiger partial charge in [-0.15, -0.1) is 0 Å². The quantitative estimate of drug-likeness (QED) is 0.209. The zero-order valence-electron chi connectivity index (χ0n) is 23.1. The van der Waals surface area contributed by atoms with Gasteiger partial charge in [-0.05, 0) is 75.2 Å². The number of halogens is 1. The first-order valence-corrected chi connectivity index (χ1v) is 14.9. The summed E-state index contributed by atoms with van der Waals surface area (Å²) in [5.41, 5.74) is 2.68. The minimum absolute atomic E-state index is 0.0944. The van der Waals surface area contributed by atoms with Gasteiger partial charge in [0.1, 0.15) is 23.1 Å². The fourth-order valence-electron chi connectivity index (χ4n) is 4.57. The molecule has 0 aliphatic carbocycles. The van der Waals surface area contributed by atoms with Gasteiger partial charge in [0.2, 0.25) is 10.0 Å². The van der Waals surface area contributed by atoms with Crippen LogP contribution in [-0.2, 0) is 27.8 Å². The molecule has 3 aromatic carbocycles. The molecule has 0 radical (unpaired) electrons. The fraction of sp³-hybridized carbons (Fsp3) is 0.226. The third kappa shape index (κ3) is 6.53. The first kappa shape index (κ1) is 29.0. The Morgan fingerprint density at radius 2 is 1.74 bits per heavy atom. The molecule has 2 aromatic heterocycles. The Morgan fingerprint density at radius 3 is 2.45 bits per heavy atom. The number of aromatic nitrogens is 3. The highest BCUT2D eigenvalue weighted by molar-refractivity contribution is 7.89. The van der Waals surface area contributed by atoms with Crippen molar-refractivity contribution in [1.82, 2.24) is 19.4 Å². The Hall–Kier alpha value is -4.48. The smallest absolute Gasteiger partial charge is 0.265 e. The molecule has 0 bridgehead atoms. The lowest BCUT2D eigenvalue weighted by atomic mass is 10.1. The standard InChI is InChI=1S/C31H29FN4O5S/c1-20-7-14-26(15-8-20)42(39,40)33-19-25-18-28(35-41-25)22-9-16-27-29(17-22)34-30(6-4-3-5-21(2)37)36(31(27)38)24-12-10-23(32)11-13-24/h7-18,33H,3-6,19H2,1-2H3. The molecule has 5 aromatic rings. The summed E-state index contributed by atoms with van der Waals surface area (Å²) in [4.78, 5) is 29.9. The largest absolute Gasteiger partial charge is 0.359 e. The molecule has 0 amide bonds. The average Bonchev–Trinajstić information content (AvgIpc) is 3.44. The molecule has 2 heterocycles. The van der Waals surface area contributed by atoms with E-state index in [2.05, 4.69) is 9.88 Å². The second kappa shape index (κ2) is 12.2. The van der Waals surface area contributed by atoms with E-state index in [0.29, 0.717) is 65.1 Å². The predicted octanol–water partition coefficient (Wildman–Crippen LogP) is 5.27. The highest BCUT2D eigenvalue weighted by Crippen LogP contribution is 2.24. The second-order valence-electron chi connectivity index (χ2n) is 10.1. The van der Waals surface area contributed by atoms with Crippen LogP contribution in [0.3, 0.4) is 0 Å². The van der Waals surface area contributed by atoms with Crippen molar-refractivity contribution in [1.29, 1.82) is 0 Å². The van der Waals surface area contributed by atoms with Crippen molar-refractivity contribution in [3.8, 4) is 16.9 Å². The number of carbonyl (C=O) groups is 1. The van der Waals surface area contributed by atoms with Crippen molar-refractivity contribution < 1.29 is 22.1 Å². The van der Waals surface area contributed by atoms with Crippen molar-refractivity contribution in [2.75, 3.05) is 0 Å². The molecule has 0 spiro atoms. The number of sulfonamides is 1. The van der Waals surface area contributed by atoms with E-state index in [4.69, 9.17) is 9.51 Å². The topological polar surface area (TPSA) is 124 Å². The van der Waals surface area contributed by atoms with Crippen molar-refractivity contribution in [3.05, 3.63) is 106 Å². The lowest BCUT2D eigenvalue weighted by molar-refractivity contribution is -0.117. The molecule has 0 saturated heterocycles. The van der Waals surface area contributed by atoms with Crippen molar-refractivity contribution in [3.63, 3.8) is 0 Å². The molecular formula is C31H29FN4O5S. The van der Waals surface area contributed by atoms with Crippen LogP contribution in [0.25, 0.3) is 27.8 Å². The third-order valence-electron chi connectivity index (χ3n) is 6.83. The molecular weight excluding hydrogens is 559 g/mol. The Morgan fingerprint density at radius 1 is 1.00 bits per heavy atom. The van der Waals surface area contributed by atoms with Gasteiger partial charge in [-0.3, -0.25) is 9.36 Å². The van der Waals surface area contributed by atoms with E-state index in [9.17, 15) is 22.4 Å². The number of carbonyl (C=O) groups excluding carboxylic acids is 1. The summed E-state index contributed by atoms with van der Waals surface area (Å²) < 4.78 is 48.2. The average molecular weight is 589 g/mol. The molecule has 0 fully saturated rings. The third-order valence-corrected chi connectivity index (χ3v) is 8.24. The molecule has 0 saturated carbocycles. The van der Waals surface area contributed by atoms with Gasteiger partial charge in [0.05, 0.1) is 28.0 Å². The van der Waals surface area contributed by atoms with Gasteiger partial charge in [-0.1, -0.05) is 28.9 Å². The summed E-state index contributed by atoms with van der Waals surface area (Å²) in [5.74, 6) is 0.484. The normalized spacial score (nSPS) is 11.7. The van der Waals surface area contributed by atoms with E-state index in [1.165, 1.54) is 41.0 Å². The number of ketones is 1. The van der Waals surface area contributed by atoms with Gasteiger partial charge in [0.25, 0.3) is 5.56 Å². The number of aryl methyl sites for hydroxylation is 2. The van der Waals surface area contributed by atoms with Crippen LogP contribution >= 0.6 is 0 Å². The van der Waals surface area contributed by atoms with Gasteiger partial charge in [0.15, 0.2) is 5.76 Å². The van der Waals surface area contributed by atoms with Gasteiger partial charge >= 0.3 is 0 Å². The number of benzene rings is 3. The first-order valence-electron chi connectivity index (χ1n) is 13.4. The molecule has 5 rings (SSSR count). The maximum absolute atomic E-state index is 13.6. The SMILES string of the molecule is CC(=O)CCCCc1nc2cc(-c3cc(CNS(=O)(=O)c4ccc(C)cc4)on3)ccc2c(=O)n1-c1ccc(F)cc1. The maximum atomic E-state index is 13.6. The zero-order valence-corrected chi connectivity index (χ0v) is 23.9. The summed E-state index contributed by atoms with van der Waals surface area (Å²) in [6.45, 7) is 3.32. The Labute approximate surface area is 242 Å². The van der Waals surface area contributed by atoms with Crippen LogP contribution in [-0.4, -0.2) is 28.9 Å². The Bertz CT molecular complexity index is 1910. The van der Waals surface area contributed by atoms with Gasteiger partial charge in [-0.2, -0.15) is 0 Å². The lowest BCUT2D eigenvalue weighted by Crippen LogP contribution is -2.24. The maximum Gasteiger partial charge on any atom is 0.265 e. The number of fused-ring (bicyclic) bond motifs is 1. The number of hydrogen-bond donors (Lipinski definition) is 1. The lowest BCUT2D eigenvalue weighted by Gasteiger charge is -2.14. The molecule has 216 valence electrons. The molecule has 0 aliphatic rings. The Balaban J connectivity index is 1.43. The Kier molecular flexibility index (Phi) is 8.41. The number of nitrogens with one attached hydrogen (secondary N) is 1. The van der Waals surface area contributed by atoms with Crippen LogP contribution in [0.15, 0.2) is 87.0 Å². The van der Waals surface area contributed by atoms with E-state index in [0.717, 1.165) is 5.56 Å². The molecule has 42 heavy (non-hydrogen) atoms. The highest BCUT2D eigenvalue weighted by Gasteiger charge is 2.17. The van der Waals surface area contributed by atoms with E-state index in [1.54, 1.807) is 43.3 Å². The second-order valence-corrected chi connectivity index (χ2v) is 11.9. The van der Waals surface area contributed by atoms with Crippen LogP contribution in [0.1, 0.15) is 43.3 Å². The van der Waals surface area contributed by atoms with E-state index in [1.807, 2.05) is 6.92 Å². The number of hydrogen-bond acceptors (Lipinski definition) is 7. The number of nitrogens with zero attached hydrogens (tertiary/aromatic N) is 3. The summed E-state index contributed by atoms with van der Waals surface area (Å²) in [5, 5.41) is 4.45. The van der Waals surface area contributed by atoms with Crippen LogP contribution < -0.4 is 10.3 Å². The van der Waals surface area contributed by atoms with Crippen LogP contribution in [0.5, 0.6) is 0 Å². The molecule has 9 nitrogen and oxygen atoms in total. The number of rotatable bonds is 11. The van der Waals surface area contributed by atoms with Crippen LogP contribution in [0, 0.1) is 12.7 Å². The van der Waals surface area contributed by atoms with Gasteiger partial charge in [0, 0.05) is 24.5 Å². The van der Waals surface area contributed by atoms with Crippen molar-refractivity contribution >= 4 is 26.7 Å². The first-order chi connectivity index (χ1) is 20.1. The number of unbranched alkanes of at least 4 members (excludes halogenated alkanes) is 1. The van der Waals surface area contributed by atoms with Gasteiger partial charge in [-0.25, -0.2) is 22.5 Å². The molecule has 0 atom stereocenters. The van der Waals surface area contributed by atoms with Gasteiger partial charge < -0.3 is 9.32 Å². The van der Waals surface area contributed by atoms with Crippen molar-refractivity contribution in [2.45, 2.75) is 51.0 Å². The predicted molar refractivity (Wildman–Crippen MR) is 156 cm³/mol. The summed E-state index contributed by atoms with van der Waals surface area (Å²) >= 11 is 0. The number of Topliss-reactive ketones (excluding diaryl/α,β-unsaturated/α-hetero) is 1. The molecule has 1 N–H and O–H groups in total. The molecule has 11 heteroatoms. The van der Waals surface area contributed by atoms with Crippen LogP contribution in [0.2, 0.25) is 0 Å². The van der Waals surface area contributed by atoms with E-state index >= 15 is 0 Å². The minimum atomic E-state index is -3.74. The van der Waals surface area contributed by atoms with Crippen molar-refractivity contribution in [2.24, 2.45) is 0 Å². The monoisotopic (exact) mass is 588 g/mol. The van der Waals surface area contributed by atoms with Crippen LogP contribution in [0.4, 0.5) is 4.39 Å². The highest BCUT2D eigenvalue weighted by atomic mass is 32.2. The summed E-state index contributed by atoms with van der Waals surface area (Å²) in [6.07, 6.45) is 2.18. The van der Waals surface area contributed by atoms with E-state index in [-0.39, 0.29) is 22.8 Å². The fourth-order valence-corrected chi connectivity index (χ4v) is 5.56. The molecule has 0 unspecified atom stereocenters.